The van der Waals surface area contributed by atoms with Gasteiger partial charge >= 0.3 is 0 Å². The van der Waals surface area contributed by atoms with Crippen molar-refractivity contribution in [2.24, 2.45) is 0 Å². The summed E-state index contributed by atoms with van der Waals surface area (Å²) in [6, 6.07) is 1.21. The van der Waals surface area contributed by atoms with Crippen LogP contribution in [0.5, 0.6) is 0 Å². The van der Waals surface area contributed by atoms with Crippen molar-refractivity contribution in [2.45, 2.75) is 71.1 Å². The van der Waals surface area contributed by atoms with E-state index >= 15 is 0 Å². The second-order valence-corrected chi connectivity index (χ2v) is 13.7. The summed E-state index contributed by atoms with van der Waals surface area (Å²) in [4.78, 5) is 10.1. The van der Waals surface area contributed by atoms with E-state index in [9.17, 15) is 4.80 Å². The van der Waals surface area contributed by atoms with Crippen molar-refractivity contribution in [3.05, 3.63) is 0 Å². The predicted molar refractivity (Wildman–Crippen MR) is 72.1 cm³/mol. The van der Waals surface area contributed by atoms with Gasteiger partial charge in [0.2, 0.25) is 8.32 Å². The molecule has 0 radical (unpaired) electrons. The minimum atomic E-state index is -2.12. The molecule has 2 nitrogen and oxygen atoms in total. The number of hydrogen-bond donors (Lipinski definition) is 1. The zero-order valence-corrected chi connectivity index (χ0v) is 13.3. The molecule has 0 heterocycles. The molecule has 0 bridgehead atoms. The van der Waals surface area contributed by atoms with E-state index in [2.05, 4.69) is 26.9 Å². The molecule has 0 spiro atoms. The lowest BCUT2D eigenvalue weighted by molar-refractivity contribution is 0.231. The summed E-state index contributed by atoms with van der Waals surface area (Å²) in [6.45, 7) is 12.8. The molecule has 4 heteroatoms. The molecule has 0 amide bonds. The van der Waals surface area contributed by atoms with Gasteiger partial charge in [-0.05, 0) is 38.7 Å². The largest absolute Gasteiger partial charge is 0.430 e. The Bertz CT molecular complexity index is 176. The summed E-state index contributed by atoms with van der Waals surface area (Å²) in [5, 5.41) is 0. The molecule has 1 N–H and O–H groups in total. The second-order valence-electron chi connectivity index (χ2n) is 5.53. The first kappa shape index (κ1) is 15.4. The topological polar surface area (TPSA) is 29.5 Å². The van der Waals surface area contributed by atoms with Gasteiger partial charge < -0.3 is 9.22 Å². The Morgan fingerprint density at radius 2 is 1.67 bits per heavy atom. The number of hydrogen-bond acceptors (Lipinski definition) is 2. The fourth-order valence-electron chi connectivity index (χ4n) is 1.77. The van der Waals surface area contributed by atoms with Gasteiger partial charge in [-0.25, -0.2) is 0 Å². The van der Waals surface area contributed by atoms with Gasteiger partial charge in [0.1, 0.15) is 0 Å². The fourth-order valence-corrected chi connectivity index (χ4v) is 7.14. The SMILES string of the molecule is CCCC[Si](C)(C)OC(CC)[Si](C)(C)O. The Hall–Kier alpha value is 0.354. The van der Waals surface area contributed by atoms with Crippen LogP contribution in [0.25, 0.3) is 0 Å². The van der Waals surface area contributed by atoms with E-state index in [1.54, 1.807) is 0 Å². The van der Waals surface area contributed by atoms with Crippen LogP contribution in [0.4, 0.5) is 0 Å². The van der Waals surface area contributed by atoms with E-state index in [0.717, 1.165) is 6.42 Å². The standard InChI is InChI=1S/C11H28O2Si2/c1-7-9-10-14(3,4)13-11(8-2)15(5,6)12/h11-12H,7-10H2,1-6H3. The first-order chi connectivity index (χ1) is 6.73. The Balaban J connectivity index is 4.27. The van der Waals surface area contributed by atoms with Gasteiger partial charge in [-0.1, -0.05) is 26.7 Å². The lowest BCUT2D eigenvalue weighted by Crippen LogP contribution is -2.49. The molecule has 1 atom stereocenters. The summed E-state index contributed by atoms with van der Waals surface area (Å²) >= 11 is 0. The van der Waals surface area contributed by atoms with Gasteiger partial charge in [0.05, 0.1) is 5.73 Å². The van der Waals surface area contributed by atoms with Crippen LogP contribution in [0, 0.1) is 0 Å². The summed E-state index contributed by atoms with van der Waals surface area (Å²) in [5.41, 5.74) is 0.121. The van der Waals surface area contributed by atoms with Crippen molar-refractivity contribution < 1.29 is 9.22 Å². The maximum atomic E-state index is 10.1. The molecule has 0 aliphatic heterocycles. The van der Waals surface area contributed by atoms with Crippen LogP contribution in [0.2, 0.25) is 32.2 Å². The van der Waals surface area contributed by atoms with Crippen LogP contribution < -0.4 is 0 Å². The Kier molecular flexibility index (Phi) is 6.32. The summed E-state index contributed by atoms with van der Waals surface area (Å²) in [6.07, 6.45) is 3.43. The van der Waals surface area contributed by atoms with Gasteiger partial charge in [-0.15, -0.1) is 0 Å². The molecule has 0 aliphatic rings. The average Bonchev–Trinajstić information content (AvgIpc) is 2.09. The van der Waals surface area contributed by atoms with E-state index < -0.39 is 16.6 Å². The highest BCUT2D eigenvalue weighted by Gasteiger charge is 2.35. The van der Waals surface area contributed by atoms with Crippen LogP contribution in [0.3, 0.4) is 0 Å². The first-order valence-corrected chi connectivity index (χ1v) is 12.3. The van der Waals surface area contributed by atoms with Crippen molar-refractivity contribution in [3.63, 3.8) is 0 Å². The van der Waals surface area contributed by atoms with E-state index in [0.29, 0.717) is 0 Å². The summed E-state index contributed by atoms with van der Waals surface area (Å²) < 4.78 is 6.20. The van der Waals surface area contributed by atoms with Crippen LogP contribution in [-0.4, -0.2) is 27.2 Å². The minimum absolute atomic E-state index is 0.121. The molecular formula is C11H28O2Si2. The zero-order valence-electron chi connectivity index (χ0n) is 11.3. The molecule has 15 heavy (non-hydrogen) atoms. The smallest absolute Gasteiger partial charge is 0.209 e. The molecular weight excluding hydrogens is 220 g/mol. The maximum Gasteiger partial charge on any atom is 0.209 e. The van der Waals surface area contributed by atoms with Gasteiger partial charge in [0.25, 0.3) is 0 Å². The lowest BCUT2D eigenvalue weighted by Gasteiger charge is -2.34. The molecule has 0 aliphatic carbocycles. The molecule has 0 saturated heterocycles. The van der Waals surface area contributed by atoms with Gasteiger partial charge in [0, 0.05) is 0 Å². The third-order valence-corrected chi connectivity index (χ3v) is 7.57. The predicted octanol–water partition coefficient (Wildman–Crippen LogP) is 3.52. The molecule has 0 fully saturated rings. The van der Waals surface area contributed by atoms with Gasteiger partial charge in [-0.3, -0.25) is 0 Å². The molecule has 0 aromatic heterocycles. The Labute approximate surface area is 97.3 Å². The average molecular weight is 249 g/mol. The normalized spacial score (nSPS) is 15.4. The van der Waals surface area contributed by atoms with E-state index in [1.807, 2.05) is 13.1 Å². The molecule has 0 aromatic rings. The van der Waals surface area contributed by atoms with Crippen LogP contribution in [0.15, 0.2) is 0 Å². The monoisotopic (exact) mass is 248 g/mol. The van der Waals surface area contributed by atoms with E-state index in [4.69, 9.17) is 4.43 Å². The summed E-state index contributed by atoms with van der Waals surface area (Å²) in [5.74, 6) is 0. The van der Waals surface area contributed by atoms with Crippen molar-refractivity contribution >= 4 is 16.6 Å². The third kappa shape index (κ3) is 6.50. The lowest BCUT2D eigenvalue weighted by atomic mass is 10.4. The van der Waals surface area contributed by atoms with Crippen molar-refractivity contribution in [1.82, 2.24) is 0 Å². The maximum absolute atomic E-state index is 10.1. The molecule has 0 rings (SSSR count). The van der Waals surface area contributed by atoms with Crippen molar-refractivity contribution in [3.8, 4) is 0 Å². The highest BCUT2D eigenvalue weighted by molar-refractivity contribution is 6.75. The molecule has 0 aromatic carbocycles. The highest BCUT2D eigenvalue weighted by Crippen LogP contribution is 2.22. The Morgan fingerprint density at radius 3 is 2.00 bits per heavy atom. The zero-order chi connectivity index (χ0) is 12.1. The minimum Gasteiger partial charge on any atom is -0.430 e. The van der Waals surface area contributed by atoms with Gasteiger partial charge in [0.15, 0.2) is 8.32 Å². The van der Waals surface area contributed by atoms with Crippen LogP contribution in [-0.2, 0) is 4.43 Å². The summed E-state index contributed by atoms with van der Waals surface area (Å²) in [7, 11) is -3.67. The van der Waals surface area contributed by atoms with Crippen LogP contribution >= 0.6 is 0 Å². The Morgan fingerprint density at radius 1 is 1.13 bits per heavy atom. The molecule has 1 unspecified atom stereocenters. The fraction of sp³-hybridized carbons (Fsp3) is 1.00. The second kappa shape index (κ2) is 6.18. The quantitative estimate of drug-likeness (QED) is 0.699. The number of rotatable bonds is 7. The molecule has 92 valence electrons. The third-order valence-electron chi connectivity index (χ3n) is 2.75. The first-order valence-electron chi connectivity index (χ1n) is 6.13. The van der Waals surface area contributed by atoms with Crippen molar-refractivity contribution in [2.75, 3.05) is 0 Å². The van der Waals surface area contributed by atoms with Crippen molar-refractivity contribution in [1.29, 1.82) is 0 Å². The van der Waals surface area contributed by atoms with E-state index in [-0.39, 0.29) is 5.73 Å². The number of unbranched alkanes of at least 4 members (excludes halogenated alkanes) is 1. The van der Waals surface area contributed by atoms with Gasteiger partial charge in [-0.2, -0.15) is 0 Å². The van der Waals surface area contributed by atoms with Crippen LogP contribution in [0.1, 0.15) is 33.1 Å². The highest BCUT2D eigenvalue weighted by atomic mass is 28.4. The molecule has 0 saturated carbocycles. The van der Waals surface area contributed by atoms with E-state index in [1.165, 1.54) is 18.9 Å².